The van der Waals surface area contributed by atoms with E-state index in [0.29, 0.717) is 22.0 Å². The molecule has 5 nitrogen and oxygen atoms in total. The van der Waals surface area contributed by atoms with E-state index in [1.54, 1.807) is 48.5 Å². The number of carbonyl (C=O) groups is 1. The number of para-hydroxylation sites is 1. The van der Waals surface area contributed by atoms with Gasteiger partial charge in [0.2, 0.25) is 0 Å². The van der Waals surface area contributed by atoms with Gasteiger partial charge >= 0.3 is 0 Å². The second-order valence-electron chi connectivity index (χ2n) is 5.58. The summed E-state index contributed by atoms with van der Waals surface area (Å²) in [6, 6.07) is 12.9. The molecular weight excluding hydrogens is 362 g/mol. The molecule has 130 valence electrons. The Morgan fingerprint density at radius 2 is 1.84 bits per heavy atom. The minimum Gasteiger partial charge on any atom is -0.496 e. The van der Waals surface area contributed by atoms with E-state index in [9.17, 15) is 13.2 Å². The Balaban J connectivity index is 2.06. The summed E-state index contributed by atoms with van der Waals surface area (Å²) in [5.41, 5.74) is 0.921. The van der Waals surface area contributed by atoms with Crippen molar-refractivity contribution >= 4 is 33.0 Å². The molecule has 0 fully saturated rings. The molecule has 0 bridgehead atoms. The number of benzene rings is 2. The maximum Gasteiger partial charge on any atom is 0.262 e. The first-order chi connectivity index (χ1) is 11.9. The van der Waals surface area contributed by atoms with Gasteiger partial charge in [-0.3, -0.25) is 4.79 Å². The second-order valence-corrected chi connectivity index (χ2v) is 7.94. The number of hydrogen-bond acceptors (Lipinski definition) is 4. The van der Waals surface area contributed by atoms with Gasteiger partial charge in [0.1, 0.15) is 5.75 Å². The summed E-state index contributed by atoms with van der Waals surface area (Å²) in [6.07, 6.45) is 1.53. The molecule has 1 heterocycles. The third-order valence-electron chi connectivity index (χ3n) is 3.90. The van der Waals surface area contributed by atoms with E-state index in [4.69, 9.17) is 16.3 Å². The van der Waals surface area contributed by atoms with Gasteiger partial charge in [0, 0.05) is 16.1 Å². The fourth-order valence-corrected chi connectivity index (χ4v) is 4.13. The van der Waals surface area contributed by atoms with Crippen molar-refractivity contribution in [3.8, 4) is 5.75 Å². The monoisotopic (exact) mass is 377 g/mol. The van der Waals surface area contributed by atoms with Crippen LogP contribution in [0.2, 0.25) is 5.02 Å². The van der Waals surface area contributed by atoms with Crippen LogP contribution in [-0.2, 0) is 9.84 Å². The topological polar surface area (TPSA) is 63.7 Å². The Labute approximate surface area is 151 Å². The molecule has 0 N–H and O–H groups in total. The quantitative estimate of drug-likeness (QED) is 0.820. The molecule has 0 aromatic heterocycles. The van der Waals surface area contributed by atoms with Crippen molar-refractivity contribution in [2.45, 2.75) is 6.04 Å². The summed E-state index contributed by atoms with van der Waals surface area (Å²) in [6.45, 7) is 0. The van der Waals surface area contributed by atoms with Crippen LogP contribution in [0.5, 0.6) is 5.75 Å². The molecule has 0 spiro atoms. The molecule has 0 saturated carbocycles. The summed E-state index contributed by atoms with van der Waals surface area (Å²) >= 11 is 5.93. The Hall–Kier alpha value is -2.31. The zero-order valence-electron chi connectivity index (χ0n) is 13.4. The smallest absolute Gasteiger partial charge is 0.262 e. The van der Waals surface area contributed by atoms with E-state index < -0.39 is 15.9 Å². The normalized spacial score (nSPS) is 18.1. The number of amides is 1. The van der Waals surface area contributed by atoms with Crippen LogP contribution >= 0.6 is 11.6 Å². The number of hydrogen-bond donors (Lipinski definition) is 0. The van der Waals surface area contributed by atoms with Crippen LogP contribution in [0.25, 0.3) is 0 Å². The molecule has 1 aliphatic heterocycles. The maximum absolute atomic E-state index is 13.2. The first-order valence-electron chi connectivity index (χ1n) is 7.54. The van der Waals surface area contributed by atoms with E-state index in [1.165, 1.54) is 18.1 Å². The van der Waals surface area contributed by atoms with Crippen molar-refractivity contribution < 1.29 is 17.9 Å². The van der Waals surface area contributed by atoms with E-state index in [2.05, 4.69) is 0 Å². The van der Waals surface area contributed by atoms with Crippen molar-refractivity contribution in [3.63, 3.8) is 0 Å². The average Bonchev–Trinajstić information content (AvgIpc) is 2.96. The third-order valence-corrected chi connectivity index (χ3v) is 5.53. The molecule has 1 amide bonds. The molecule has 0 radical (unpaired) electrons. The zero-order valence-corrected chi connectivity index (χ0v) is 15.0. The molecule has 2 aromatic carbocycles. The number of ether oxygens (including phenoxy) is 1. The Bertz CT molecular complexity index is 922. The molecule has 25 heavy (non-hydrogen) atoms. The fraction of sp³-hybridized carbons (Fsp3) is 0.167. The average molecular weight is 378 g/mol. The van der Waals surface area contributed by atoms with Gasteiger partial charge in [0.25, 0.3) is 5.91 Å². The molecule has 0 saturated heterocycles. The minimum atomic E-state index is -3.32. The van der Waals surface area contributed by atoms with Gasteiger partial charge in [0.05, 0.1) is 24.5 Å². The van der Waals surface area contributed by atoms with Gasteiger partial charge in [-0.1, -0.05) is 23.7 Å². The number of methoxy groups -OCH3 is 1. The zero-order chi connectivity index (χ0) is 18.0. The van der Waals surface area contributed by atoms with Crippen LogP contribution in [-0.4, -0.2) is 33.2 Å². The fourth-order valence-electron chi connectivity index (χ4n) is 2.73. The van der Waals surface area contributed by atoms with E-state index >= 15 is 0 Å². The lowest BCUT2D eigenvalue weighted by Gasteiger charge is -2.28. The first-order valence-corrected chi connectivity index (χ1v) is 9.64. The molecule has 1 aliphatic rings. The highest BCUT2D eigenvalue weighted by Crippen LogP contribution is 2.28. The predicted molar refractivity (Wildman–Crippen MR) is 98.0 cm³/mol. The van der Waals surface area contributed by atoms with Gasteiger partial charge in [0.15, 0.2) is 9.84 Å². The number of carbonyl (C=O) groups excluding carboxylic acids is 1. The molecule has 3 rings (SSSR count). The number of halogens is 1. The highest BCUT2D eigenvalue weighted by Gasteiger charge is 2.33. The highest BCUT2D eigenvalue weighted by molar-refractivity contribution is 7.94. The summed E-state index contributed by atoms with van der Waals surface area (Å²) < 4.78 is 29.0. The number of nitrogens with zero attached hydrogens (tertiary/aromatic N) is 1. The Morgan fingerprint density at radius 3 is 2.44 bits per heavy atom. The largest absolute Gasteiger partial charge is 0.496 e. The number of sulfone groups is 1. The first kappa shape index (κ1) is 17.5. The summed E-state index contributed by atoms with van der Waals surface area (Å²) in [5.74, 6) is -0.0703. The van der Waals surface area contributed by atoms with E-state index in [0.717, 1.165) is 5.41 Å². The lowest BCUT2D eigenvalue weighted by atomic mass is 10.1. The molecule has 0 aliphatic carbocycles. The summed E-state index contributed by atoms with van der Waals surface area (Å²) in [5, 5.41) is 1.68. The van der Waals surface area contributed by atoms with Crippen molar-refractivity contribution in [1.29, 1.82) is 0 Å². The molecule has 1 atom stereocenters. The van der Waals surface area contributed by atoms with Crippen molar-refractivity contribution in [3.05, 3.63) is 70.6 Å². The van der Waals surface area contributed by atoms with Crippen molar-refractivity contribution in [2.24, 2.45) is 0 Å². The minimum absolute atomic E-state index is 0.156. The lowest BCUT2D eigenvalue weighted by Crippen LogP contribution is -2.41. The van der Waals surface area contributed by atoms with Gasteiger partial charge < -0.3 is 9.64 Å². The molecular formula is C18H16ClNO4S. The third kappa shape index (κ3) is 3.70. The van der Waals surface area contributed by atoms with Crippen LogP contribution in [0.4, 0.5) is 5.69 Å². The van der Waals surface area contributed by atoms with E-state index in [1.807, 2.05) is 0 Å². The van der Waals surface area contributed by atoms with E-state index in [-0.39, 0.29) is 11.7 Å². The van der Waals surface area contributed by atoms with Gasteiger partial charge in [-0.25, -0.2) is 8.42 Å². The van der Waals surface area contributed by atoms with Gasteiger partial charge in [-0.2, -0.15) is 0 Å². The second kappa shape index (κ2) is 6.90. The lowest BCUT2D eigenvalue weighted by molar-refractivity contribution is 0.0980. The molecule has 2 aromatic rings. The van der Waals surface area contributed by atoms with Crippen LogP contribution in [0.1, 0.15) is 10.4 Å². The summed E-state index contributed by atoms with van der Waals surface area (Å²) in [4.78, 5) is 14.6. The molecule has 0 unspecified atom stereocenters. The maximum atomic E-state index is 13.2. The standard InChI is InChI=1S/C18H16ClNO4S/c1-24-17-5-3-2-4-16(17)18(21)20(14-8-6-13(19)7-9-14)15-10-11-25(22,23)12-15/h2-11,15H,12H2,1H3/t15-/m1/s1. The molecule has 7 heteroatoms. The predicted octanol–water partition coefficient (Wildman–Crippen LogP) is 3.31. The highest BCUT2D eigenvalue weighted by atomic mass is 35.5. The van der Waals surface area contributed by atoms with Crippen LogP contribution in [0.15, 0.2) is 60.0 Å². The summed E-state index contributed by atoms with van der Waals surface area (Å²) in [7, 11) is -1.84. The van der Waals surface area contributed by atoms with Crippen molar-refractivity contribution in [2.75, 3.05) is 17.8 Å². The SMILES string of the molecule is COc1ccccc1C(=O)N(c1ccc(Cl)cc1)[C@@H]1C=CS(=O)(=O)C1. The Kier molecular flexibility index (Phi) is 4.83. The Morgan fingerprint density at radius 1 is 1.16 bits per heavy atom. The van der Waals surface area contributed by atoms with Gasteiger partial charge in [-0.15, -0.1) is 0 Å². The van der Waals surface area contributed by atoms with Crippen LogP contribution in [0.3, 0.4) is 0 Å². The van der Waals surface area contributed by atoms with Crippen LogP contribution < -0.4 is 9.64 Å². The number of rotatable bonds is 4. The van der Waals surface area contributed by atoms with Crippen molar-refractivity contribution in [1.82, 2.24) is 0 Å². The van der Waals surface area contributed by atoms with Crippen LogP contribution in [0, 0.1) is 0 Å². The number of anilines is 1. The van der Waals surface area contributed by atoms with Gasteiger partial charge in [-0.05, 0) is 42.5 Å².